The predicted octanol–water partition coefficient (Wildman–Crippen LogP) is 2.46. The molecule has 0 saturated carbocycles. The number of rotatable bonds is 8. The van der Waals surface area contributed by atoms with Gasteiger partial charge in [-0.2, -0.15) is 0 Å². The van der Waals surface area contributed by atoms with Crippen LogP contribution in [0.1, 0.15) is 31.7 Å². The van der Waals surface area contributed by atoms with Crippen LogP contribution in [0.5, 0.6) is 11.5 Å². The summed E-state index contributed by atoms with van der Waals surface area (Å²) in [4.78, 5) is 2.35. The minimum Gasteiger partial charge on any atom is -0.497 e. The average molecular weight is 323 g/mol. The first kappa shape index (κ1) is 18.0. The Morgan fingerprint density at radius 1 is 1.26 bits per heavy atom. The molecule has 2 unspecified atom stereocenters. The molecule has 1 aromatic carbocycles. The van der Waals surface area contributed by atoms with Gasteiger partial charge >= 0.3 is 0 Å². The van der Waals surface area contributed by atoms with Crippen LogP contribution in [-0.2, 0) is 11.3 Å². The van der Waals surface area contributed by atoms with E-state index < -0.39 is 6.10 Å². The van der Waals surface area contributed by atoms with E-state index in [0.717, 1.165) is 23.6 Å². The van der Waals surface area contributed by atoms with Crippen molar-refractivity contribution in [3.8, 4) is 11.5 Å². The quantitative estimate of drug-likeness (QED) is 0.796. The van der Waals surface area contributed by atoms with Crippen LogP contribution in [0.2, 0.25) is 0 Å². The third-order valence-electron chi connectivity index (χ3n) is 4.44. The summed E-state index contributed by atoms with van der Waals surface area (Å²) in [7, 11) is 3.27. The van der Waals surface area contributed by atoms with Crippen molar-refractivity contribution in [2.45, 2.75) is 44.9 Å². The molecule has 1 aliphatic rings. The van der Waals surface area contributed by atoms with Crippen LogP contribution in [0.4, 0.5) is 0 Å². The van der Waals surface area contributed by atoms with E-state index in [-0.39, 0.29) is 0 Å². The smallest absolute Gasteiger partial charge is 0.124 e. The zero-order valence-corrected chi connectivity index (χ0v) is 14.5. The lowest BCUT2D eigenvalue weighted by Crippen LogP contribution is -2.43. The summed E-state index contributed by atoms with van der Waals surface area (Å²) in [6, 6.07) is 6.17. The molecule has 23 heavy (non-hydrogen) atoms. The van der Waals surface area contributed by atoms with Crippen molar-refractivity contribution >= 4 is 0 Å². The summed E-state index contributed by atoms with van der Waals surface area (Å²) < 4.78 is 16.2. The van der Waals surface area contributed by atoms with Crippen molar-refractivity contribution < 1.29 is 19.3 Å². The summed E-state index contributed by atoms with van der Waals surface area (Å²) in [6.07, 6.45) is 3.26. The number of hydrogen-bond acceptors (Lipinski definition) is 5. The predicted molar refractivity (Wildman–Crippen MR) is 90.1 cm³/mol. The van der Waals surface area contributed by atoms with E-state index in [1.54, 1.807) is 14.2 Å². The van der Waals surface area contributed by atoms with Crippen molar-refractivity contribution in [1.82, 2.24) is 4.90 Å². The molecule has 2 atom stereocenters. The van der Waals surface area contributed by atoms with Gasteiger partial charge in [-0.3, -0.25) is 4.90 Å². The Morgan fingerprint density at radius 2 is 2.09 bits per heavy atom. The maximum Gasteiger partial charge on any atom is 0.124 e. The monoisotopic (exact) mass is 323 g/mol. The Balaban J connectivity index is 1.79. The van der Waals surface area contributed by atoms with E-state index in [2.05, 4.69) is 11.8 Å². The Hall–Kier alpha value is -1.30. The molecule has 1 heterocycles. The largest absolute Gasteiger partial charge is 0.497 e. The Bertz CT molecular complexity index is 480. The molecule has 1 aliphatic heterocycles. The van der Waals surface area contributed by atoms with Crippen molar-refractivity contribution in [3.05, 3.63) is 23.8 Å². The lowest BCUT2D eigenvalue weighted by Gasteiger charge is -2.34. The van der Waals surface area contributed by atoms with Crippen LogP contribution in [0.15, 0.2) is 18.2 Å². The first-order valence-corrected chi connectivity index (χ1v) is 8.34. The van der Waals surface area contributed by atoms with Gasteiger partial charge in [-0.1, -0.05) is 6.42 Å². The molecular weight excluding hydrogens is 294 g/mol. The number of hydrogen-bond donors (Lipinski definition) is 1. The number of aliphatic hydroxyl groups is 1. The Labute approximate surface area is 139 Å². The number of benzene rings is 1. The number of likely N-dealkylation sites (tertiary alicyclic amines) is 1. The minimum atomic E-state index is -0.466. The van der Waals surface area contributed by atoms with Crippen LogP contribution in [0.25, 0.3) is 0 Å². The lowest BCUT2D eigenvalue weighted by molar-refractivity contribution is -0.00180. The van der Waals surface area contributed by atoms with E-state index in [1.807, 2.05) is 18.2 Å². The molecule has 1 N–H and O–H groups in total. The molecule has 1 saturated heterocycles. The number of aliphatic hydroxyl groups excluding tert-OH is 1. The first-order valence-electron chi connectivity index (χ1n) is 8.34. The van der Waals surface area contributed by atoms with Crippen LogP contribution < -0.4 is 9.47 Å². The summed E-state index contributed by atoms with van der Waals surface area (Å²) in [6.45, 7) is 4.70. The summed E-state index contributed by atoms with van der Waals surface area (Å²) >= 11 is 0. The molecule has 0 aliphatic carbocycles. The maximum atomic E-state index is 10.2. The fourth-order valence-corrected chi connectivity index (χ4v) is 3.05. The summed E-state index contributed by atoms with van der Waals surface area (Å²) in [5, 5.41) is 10.2. The van der Waals surface area contributed by atoms with Crippen molar-refractivity contribution in [1.29, 1.82) is 0 Å². The number of ether oxygens (including phenoxy) is 3. The van der Waals surface area contributed by atoms with E-state index in [4.69, 9.17) is 14.2 Å². The lowest BCUT2D eigenvalue weighted by atomic mass is 10.0. The van der Waals surface area contributed by atoms with Gasteiger partial charge in [0.15, 0.2) is 0 Å². The molecule has 0 bridgehead atoms. The fraction of sp³-hybridized carbons (Fsp3) is 0.667. The zero-order chi connectivity index (χ0) is 16.7. The van der Waals surface area contributed by atoms with Gasteiger partial charge in [0.25, 0.3) is 0 Å². The normalized spacial score (nSPS) is 20.3. The molecule has 2 rings (SSSR count). The molecule has 130 valence electrons. The van der Waals surface area contributed by atoms with Gasteiger partial charge in [-0.05, 0) is 44.5 Å². The molecule has 0 aromatic heterocycles. The minimum absolute atomic E-state index is 0.323. The highest BCUT2D eigenvalue weighted by atomic mass is 16.5. The highest BCUT2D eigenvalue weighted by molar-refractivity contribution is 5.39. The molecule has 5 nitrogen and oxygen atoms in total. The van der Waals surface area contributed by atoms with Gasteiger partial charge in [0.05, 0.1) is 33.5 Å². The fourth-order valence-electron chi connectivity index (χ4n) is 3.05. The Morgan fingerprint density at radius 3 is 2.78 bits per heavy atom. The summed E-state index contributed by atoms with van der Waals surface area (Å²) in [5.41, 5.74) is 0.922. The number of methoxy groups -OCH3 is 2. The molecule has 0 radical (unpaired) electrons. The second-order valence-electron chi connectivity index (χ2n) is 6.19. The second kappa shape index (κ2) is 9.11. The molecule has 0 amide bonds. The maximum absolute atomic E-state index is 10.2. The average Bonchev–Trinajstić information content (AvgIpc) is 2.57. The highest BCUT2D eigenvalue weighted by Gasteiger charge is 2.20. The van der Waals surface area contributed by atoms with Crippen molar-refractivity contribution in [2.75, 3.05) is 33.9 Å². The van der Waals surface area contributed by atoms with Crippen molar-refractivity contribution in [2.24, 2.45) is 0 Å². The van der Waals surface area contributed by atoms with Gasteiger partial charge in [-0.15, -0.1) is 0 Å². The van der Waals surface area contributed by atoms with Gasteiger partial charge in [0, 0.05) is 18.2 Å². The van der Waals surface area contributed by atoms with E-state index >= 15 is 0 Å². The van der Waals surface area contributed by atoms with Crippen LogP contribution in [0.3, 0.4) is 0 Å². The topological polar surface area (TPSA) is 51.2 Å². The van der Waals surface area contributed by atoms with Crippen molar-refractivity contribution in [3.63, 3.8) is 0 Å². The van der Waals surface area contributed by atoms with Crippen LogP contribution >= 0.6 is 0 Å². The molecule has 5 heteroatoms. The SMILES string of the molecule is COc1ccc(OC)c(COCC(O)CN2CCCCC2C)c1. The molecule has 0 spiro atoms. The van der Waals surface area contributed by atoms with E-state index in [1.165, 1.54) is 19.3 Å². The van der Waals surface area contributed by atoms with E-state index in [0.29, 0.717) is 25.8 Å². The number of nitrogens with zero attached hydrogens (tertiary/aromatic N) is 1. The zero-order valence-electron chi connectivity index (χ0n) is 14.5. The van der Waals surface area contributed by atoms with Gasteiger partial charge in [-0.25, -0.2) is 0 Å². The molecular formula is C18H29NO4. The number of β-amino-alcohol motifs (C(OH)–C–C–N with tert-alkyl or cyclic N) is 1. The summed E-state index contributed by atoms with van der Waals surface area (Å²) in [5.74, 6) is 1.54. The number of piperidine rings is 1. The third-order valence-corrected chi connectivity index (χ3v) is 4.44. The van der Waals surface area contributed by atoms with Gasteiger partial charge in [0.1, 0.15) is 11.5 Å². The second-order valence-corrected chi connectivity index (χ2v) is 6.19. The van der Waals surface area contributed by atoms with Crippen LogP contribution in [0, 0.1) is 0 Å². The molecule has 1 aromatic rings. The van der Waals surface area contributed by atoms with E-state index in [9.17, 15) is 5.11 Å². The molecule has 1 fully saturated rings. The Kier molecular flexibility index (Phi) is 7.15. The first-order chi connectivity index (χ1) is 11.1. The van der Waals surface area contributed by atoms with Gasteiger partial charge in [0.2, 0.25) is 0 Å². The highest BCUT2D eigenvalue weighted by Crippen LogP contribution is 2.24. The van der Waals surface area contributed by atoms with Gasteiger partial charge < -0.3 is 19.3 Å². The van der Waals surface area contributed by atoms with Crippen LogP contribution in [-0.4, -0.2) is 56.1 Å². The third kappa shape index (κ3) is 5.37. The standard InChI is InChI=1S/C18H29NO4/c1-14-6-4-5-9-19(14)11-16(20)13-23-12-15-10-17(21-2)7-8-18(15)22-3/h7-8,10,14,16,20H,4-6,9,11-13H2,1-3H3.